The molecule has 0 fully saturated rings. The highest BCUT2D eigenvalue weighted by Crippen LogP contribution is 2.30. The van der Waals surface area contributed by atoms with Crippen molar-refractivity contribution in [2.45, 2.75) is 11.3 Å². The lowest BCUT2D eigenvalue weighted by molar-refractivity contribution is 0.600. The summed E-state index contributed by atoms with van der Waals surface area (Å²) in [5, 5.41) is 0. The van der Waals surface area contributed by atoms with Crippen molar-refractivity contribution >= 4 is 15.5 Å². The van der Waals surface area contributed by atoms with Gasteiger partial charge in [-0.3, -0.25) is 0 Å². The minimum Gasteiger partial charge on any atom is -0.397 e. The van der Waals surface area contributed by atoms with Gasteiger partial charge >= 0.3 is 0 Å². The van der Waals surface area contributed by atoms with Crippen LogP contribution < -0.4 is 5.73 Å². The van der Waals surface area contributed by atoms with Crippen LogP contribution in [0.15, 0.2) is 35.4 Å². The molecule has 3 N–H and O–H groups in total. The number of nitrogens with one attached hydrogen (secondary N) is 1. The summed E-state index contributed by atoms with van der Waals surface area (Å²) >= 11 is 0. The van der Waals surface area contributed by atoms with Crippen molar-refractivity contribution in [1.29, 1.82) is 0 Å². The summed E-state index contributed by atoms with van der Waals surface area (Å²) in [6, 6.07) is 7.26. The lowest BCUT2D eigenvalue weighted by atomic mass is 10.1. The predicted molar refractivity (Wildman–Crippen MR) is 66.4 cm³/mol. The van der Waals surface area contributed by atoms with Gasteiger partial charge < -0.3 is 10.7 Å². The van der Waals surface area contributed by atoms with Crippen LogP contribution in [0.5, 0.6) is 0 Å². The Balaban J connectivity index is 2.12. The van der Waals surface area contributed by atoms with Gasteiger partial charge in [0.25, 0.3) is 0 Å². The number of aryl methyl sites for hydroxylation is 1. The van der Waals surface area contributed by atoms with Gasteiger partial charge in [0.2, 0.25) is 0 Å². The molecule has 0 aliphatic carbocycles. The number of fused-ring (bicyclic) bond motifs is 1. The molecule has 0 atom stereocenters. The number of aromatic nitrogens is 1. The van der Waals surface area contributed by atoms with E-state index in [0.717, 1.165) is 16.8 Å². The van der Waals surface area contributed by atoms with Crippen LogP contribution in [0.3, 0.4) is 0 Å². The first-order valence-corrected chi connectivity index (χ1v) is 7.01. The molecule has 0 unspecified atom stereocenters. The Labute approximate surface area is 99.4 Å². The summed E-state index contributed by atoms with van der Waals surface area (Å²) in [5.41, 5.74) is 9.10. The second-order valence-electron chi connectivity index (χ2n) is 4.24. The van der Waals surface area contributed by atoms with E-state index in [4.69, 9.17) is 5.73 Å². The second-order valence-corrected chi connectivity index (χ2v) is 6.32. The summed E-state index contributed by atoms with van der Waals surface area (Å²) in [5.74, 6) is 0.221. The van der Waals surface area contributed by atoms with Crippen molar-refractivity contribution in [2.75, 3.05) is 11.5 Å². The van der Waals surface area contributed by atoms with Gasteiger partial charge in [-0.15, -0.1) is 0 Å². The molecule has 0 spiro atoms. The Kier molecular flexibility index (Phi) is 2.06. The molecule has 1 aliphatic rings. The van der Waals surface area contributed by atoms with Gasteiger partial charge in [-0.2, -0.15) is 0 Å². The number of aromatic amines is 1. The van der Waals surface area contributed by atoms with Crippen LogP contribution in [0, 0.1) is 0 Å². The fourth-order valence-electron chi connectivity index (χ4n) is 2.18. The zero-order valence-electron chi connectivity index (χ0n) is 9.10. The Morgan fingerprint density at radius 2 is 2.06 bits per heavy atom. The SMILES string of the molecule is Nc1c[nH]c(-c2ccc3c(c2)CCS3(=O)=O)c1. The van der Waals surface area contributed by atoms with Gasteiger partial charge in [0.15, 0.2) is 9.84 Å². The first-order valence-electron chi connectivity index (χ1n) is 5.36. The first kappa shape index (κ1) is 10.4. The van der Waals surface area contributed by atoms with Gasteiger partial charge in [-0.05, 0) is 35.7 Å². The third-order valence-corrected chi connectivity index (χ3v) is 4.86. The van der Waals surface area contributed by atoms with E-state index in [1.165, 1.54) is 0 Å². The Morgan fingerprint density at radius 3 is 2.76 bits per heavy atom. The van der Waals surface area contributed by atoms with E-state index in [2.05, 4.69) is 4.98 Å². The number of hydrogen-bond donors (Lipinski definition) is 2. The minimum atomic E-state index is -3.03. The fraction of sp³-hybridized carbons (Fsp3) is 0.167. The van der Waals surface area contributed by atoms with Gasteiger partial charge in [0.1, 0.15) is 0 Å². The third kappa shape index (κ3) is 1.63. The number of benzene rings is 1. The highest BCUT2D eigenvalue weighted by Gasteiger charge is 2.26. The van der Waals surface area contributed by atoms with Crippen molar-refractivity contribution in [1.82, 2.24) is 4.98 Å². The molecule has 1 aliphatic heterocycles. The zero-order chi connectivity index (χ0) is 12.0. The average molecular weight is 248 g/mol. The monoisotopic (exact) mass is 248 g/mol. The summed E-state index contributed by atoms with van der Waals surface area (Å²) in [6.07, 6.45) is 2.32. The van der Waals surface area contributed by atoms with Crippen LogP contribution in [0.1, 0.15) is 5.56 Å². The average Bonchev–Trinajstić information content (AvgIpc) is 2.84. The quantitative estimate of drug-likeness (QED) is 0.804. The summed E-state index contributed by atoms with van der Waals surface area (Å²) in [4.78, 5) is 3.53. The van der Waals surface area contributed by atoms with Crippen LogP contribution in [-0.2, 0) is 16.3 Å². The van der Waals surface area contributed by atoms with E-state index in [0.29, 0.717) is 17.0 Å². The molecule has 88 valence electrons. The summed E-state index contributed by atoms with van der Waals surface area (Å²) in [6.45, 7) is 0. The van der Waals surface area contributed by atoms with Crippen LogP contribution in [0.4, 0.5) is 5.69 Å². The molecule has 3 rings (SSSR count). The van der Waals surface area contributed by atoms with Crippen LogP contribution >= 0.6 is 0 Å². The molecule has 5 heteroatoms. The molecule has 17 heavy (non-hydrogen) atoms. The van der Waals surface area contributed by atoms with E-state index in [-0.39, 0.29) is 5.75 Å². The van der Waals surface area contributed by atoms with Crippen LogP contribution in [-0.4, -0.2) is 19.2 Å². The van der Waals surface area contributed by atoms with Crippen molar-refractivity contribution < 1.29 is 8.42 Å². The largest absolute Gasteiger partial charge is 0.397 e. The smallest absolute Gasteiger partial charge is 0.178 e. The molecule has 2 aromatic rings. The van der Waals surface area contributed by atoms with Gasteiger partial charge in [-0.1, -0.05) is 6.07 Å². The Bertz CT molecular complexity index is 686. The van der Waals surface area contributed by atoms with E-state index < -0.39 is 9.84 Å². The summed E-state index contributed by atoms with van der Waals surface area (Å²) in [7, 11) is -3.03. The van der Waals surface area contributed by atoms with Crippen molar-refractivity contribution in [2.24, 2.45) is 0 Å². The molecular weight excluding hydrogens is 236 g/mol. The molecular formula is C12H12N2O2S. The van der Waals surface area contributed by atoms with Gasteiger partial charge in [-0.25, -0.2) is 8.42 Å². The second kappa shape index (κ2) is 3.37. The van der Waals surface area contributed by atoms with E-state index in [1.54, 1.807) is 12.3 Å². The normalized spacial score (nSPS) is 16.9. The predicted octanol–water partition coefficient (Wildman–Crippen LogP) is 1.59. The lowest BCUT2D eigenvalue weighted by Crippen LogP contribution is -1.98. The lowest BCUT2D eigenvalue weighted by Gasteiger charge is -2.02. The fourth-order valence-corrected chi connectivity index (χ4v) is 3.72. The number of anilines is 1. The third-order valence-electron chi connectivity index (χ3n) is 3.05. The molecule has 0 saturated heterocycles. The van der Waals surface area contributed by atoms with Crippen molar-refractivity contribution in [3.63, 3.8) is 0 Å². The highest BCUT2D eigenvalue weighted by atomic mass is 32.2. The number of sulfone groups is 1. The molecule has 0 amide bonds. The first-order chi connectivity index (χ1) is 8.06. The number of nitrogen functional groups attached to an aromatic ring is 1. The van der Waals surface area contributed by atoms with E-state index >= 15 is 0 Å². The molecule has 0 radical (unpaired) electrons. The number of rotatable bonds is 1. The van der Waals surface area contributed by atoms with Crippen molar-refractivity contribution in [3.8, 4) is 11.3 Å². The number of H-pyrrole nitrogens is 1. The number of hydrogen-bond acceptors (Lipinski definition) is 3. The Hall–Kier alpha value is -1.75. The maximum atomic E-state index is 11.7. The molecule has 2 heterocycles. The summed E-state index contributed by atoms with van der Waals surface area (Å²) < 4.78 is 23.4. The van der Waals surface area contributed by atoms with Crippen LogP contribution in [0.2, 0.25) is 0 Å². The zero-order valence-corrected chi connectivity index (χ0v) is 9.92. The van der Waals surface area contributed by atoms with Gasteiger partial charge in [0, 0.05) is 17.6 Å². The minimum absolute atomic E-state index is 0.221. The molecule has 0 saturated carbocycles. The topological polar surface area (TPSA) is 76.0 Å². The van der Waals surface area contributed by atoms with Gasteiger partial charge in [0.05, 0.1) is 10.6 Å². The van der Waals surface area contributed by atoms with Crippen molar-refractivity contribution in [3.05, 3.63) is 36.0 Å². The van der Waals surface area contributed by atoms with Crippen LogP contribution in [0.25, 0.3) is 11.3 Å². The molecule has 0 bridgehead atoms. The molecule has 1 aromatic carbocycles. The molecule has 1 aromatic heterocycles. The maximum absolute atomic E-state index is 11.7. The Morgan fingerprint density at radius 1 is 1.24 bits per heavy atom. The highest BCUT2D eigenvalue weighted by molar-refractivity contribution is 7.91. The van der Waals surface area contributed by atoms with E-state index in [1.807, 2.05) is 18.2 Å². The standard InChI is InChI=1S/C12H12N2O2S/c13-10-6-11(14-7-10)8-1-2-12-9(5-8)3-4-17(12,15)16/h1-2,5-7,14H,3-4,13H2. The number of nitrogens with two attached hydrogens (primary N) is 1. The van der Waals surface area contributed by atoms with E-state index in [9.17, 15) is 8.42 Å². The molecule has 4 nitrogen and oxygen atoms in total. The maximum Gasteiger partial charge on any atom is 0.178 e.